The van der Waals surface area contributed by atoms with Crippen LogP contribution in [0.15, 0.2) is 18.3 Å². The van der Waals surface area contributed by atoms with Gasteiger partial charge in [-0.1, -0.05) is 0 Å². The average molecular weight is 247 g/mol. The number of Topliss-reactive ketones (excluding diaryl/α,β-unsaturated/α-hetero) is 1. The number of fused-ring (bicyclic) bond motifs is 1. The lowest BCUT2D eigenvalue weighted by molar-refractivity contribution is 0.101. The zero-order valence-electron chi connectivity index (χ0n) is 10.9. The molecule has 0 spiro atoms. The molecule has 0 amide bonds. The molecule has 2 rings (SSSR count). The molecule has 0 atom stereocenters. The fourth-order valence-electron chi connectivity index (χ4n) is 1.61. The first-order valence-electron chi connectivity index (χ1n) is 5.83. The first kappa shape index (κ1) is 12.6. The Bertz CT molecular complexity index is 560. The number of carbonyl (C=O) groups excluding carboxylic acids is 1. The maximum atomic E-state index is 11.3. The van der Waals surface area contributed by atoms with Crippen molar-refractivity contribution in [1.82, 2.24) is 14.9 Å². The number of aromatic nitrogens is 2. The van der Waals surface area contributed by atoms with Crippen LogP contribution in [0.3, 0.4) is 0 Å². The molecule has 1 N–H and O–H groups in total. The summed E-state index contributed by atoms with van der Waals surface area (Å²) < 4.78 is 5.54. The van der Waals surface area contributed by atoms with E-state index in [0.29, 0.717) is 18.2 Å². The highest BCUT2D eigenvalue weighted by atomic mass is 16.5. The number of hydrogen-bond donors (Lipinski definition) is 1. The van der Waals surface area contributed by atoms with E-state index in [1.54, 1.807) is 6.20 Å². The molecule has 0 saturated carbocycles. The van der Waals surface area contributed by atoms with E-state index in [0.717, 1.165) is 17.4 Å². The highest BCUT2D eigenvalue weighted by Gasteiger charge is 2.06. The van der Waals surface area contributed by atoms with Gasteiger partial charge in [-0.05, 0) is 20.2 Å². The molecule has 2 aromatic rings. The lowest BCUT2D eigenvalue weighted by atomic mass is 10.3. The van der Waals surface area contributed by atoms with Crippen LogP contribution in [0, 0.1) is 0 Å². The Morgan fingerprint density at radius 2 is 2.22 bits per heavy atom. The van der Waals surface area contributed by atoms with E-state index in [4.69, 9.17) is 4.74 Å². The van der Waals surface area contributed by atoms with Gasteiger partial charge < -0.3 is 14.6 Å². The molecular formula is C13H17N3O2. The van der Waals surface area contributed by atoms with Gasteiger partial charge in [0.15, 0.2) is 5.78 Å². The number of nitrogens with one attached hydrogen (secondary N) is 1. The Morgan fingerprint density at radius 1 is 1.44 bits per heavy atom. The van der Waals surface area contributed by atoms with Crippen LogP contribution in [0.25, 0.3) is 10.9 Å². The summed E-state index contributed by atoms with van der Waals surface area (Å²) in [6, 6.07) is 3.66. The number of pyridine rings is 1. The van der Waals surface area contributed by atoms with Crippen LogP contribution in [-0.4, -0.2) is 47.9 Å². The molecular weight excluding hydrogens is 230 g/mol. The van der Waals surface area contributed by atoms with Crippen LogP contribution in [0.1, 0.15) is 17.4 Å². The van der Waals surface area contributed by atoms with Gasteiger partial charge in [0.05, 0.1) is 17.4 Å². The topological polar surface area (TPSA) is 58.2 Å². The number of nitrogens with zero attached hydrogens (tertiary/aromatic N) is 2. The van der Waals surface area contributed by atoms with E-state index < -0.39 is 0 Å². The second-order valence-electron chi connectivity index (χ2n) is 4.50. The third kappa shape index (κ3) is 2.87. The molecule has 0 aliphatic carbocycles. The van der Waals surface area contributed by atoms with Crippen molar-refractivity contribution in [3.05, 3.63) is 24.0 Å². The van der Waals surface area contributed by atoms with Crippen molar-refractivity contribution < 1.29 is 9.53 Å². The molecule has 2 heterocycles. The molecule has 5 nitrogen and oxygen atoms in total. The van der Waals surface area contributed by atoms with E-state index in [2.05, 4.69) is 9.97 Å². The van der Waals surface area contributed by atoms with E-state index >= 15 is 0 Å². The molecule has 5 heteroatoms. The molecule has 0 aliphatic rings. The first-order chi connectivity index (χ1) is 8.56. The monoisotopic (exact) mass is 247 g/mol. The van der Waals surface area contributed by atoms with Gasteiger partial charge in [0.2, 0.25) is 5.88 Å². The third-order valence-corrected chi connectivity index (χ3v) is 2.65. The van der Waals surface area contributed by atoms with Gasteiger partial charge in [-0.15, -0.1) is 0 Å². The second kappa shape index (κ2) is 5.18. The summed E-state index contributed by atoms with van der Waals surface area (Å²) >= 11 is 0. The van der Waals surface area contributed by atoms with E-state index in [1.165, 1.54) is 6.92 Å². The van der Waals surface area contributed by atoms with Crippen molar-refractivity contribution >= 4 is 16.7 Å². The smallest absolute Gasteiger partial charge is 0.213 e. The van der Waals surface area contributed by atoms with Crippen LogP contribution >= 0.6 is 0 Å². The summed E-state index contributed by atoms with van der Waals surface area (Å²) in [7, 11) is 3.98. The van der Waals surface area contributed by atoms with Crippen molar-refractivity contribution in [3.63, 3.8) is 0 Å². The number of carbonyl (C=O) groups is 1. The van der Waals surface area contributed by atoms with Crippen LogP contribution < -0.4 is 4.74 Å². The maximum absolute atomic E-state index is 11.3. The highest BCUT2D eigenvalue weighted by Crippen LogP contribution is 2.19. The molecule has 2 aromatic heterocycles. The standard InChI is InChI=1S/C13H17N3O2/c1-9(17)11-6-10-7-13(14-8-12(10)15-11)18-5-4-16(2)3/h6-8,15H,4-5H2,1-3H3. The predicted octanol–water partition coefficient (Wildman–Crippen LogP) is 1.71. The predicted molar refractivity (Wildman–Crippen MR) is 70.1 cm³/mol. The summed E-state index contributed by atoms with van der Waals surface area (Å²) in [5, 5.41) is 0.940. The molecule has 0 unspecified atom stereocenters. The number of ether oxygens (including phenoxy) is 1. The zero-order chi connectivity index (χ0) is 13.1. The zero-order valence-corrected chi connectivity index (χ0v) is 10.9. The van der Waals surface area contributed by atoms with Crippen LogP contribution in [-0.2, 0) is 0 Å². The Labute approximate surface area is 106 Å². The molecule has 0 bridgehead atoms. The SMILES string of the molecule is CC(=O)c1cc2cc(OCCN(C)C)ncc2[nH]1. The summed E-state index contributed by atoms with van der Waals surface area (Å²) in [6.45, 7) is 2.97. The van der Waals surface area contributed by atoms with E-state index in [9.17, 15) is 4.79 Å². The van der Waals surface area contributed by atoms with Gasteiger partial charge >= 0.3 is 0 Å². The second-order valence-corrected chi connectivity index (χ2v) is 4.50. The lowest BCUT2D eigenvalue weighted by Crippen LogP contribution is -2.19. The van der Waals surface area contributed by atoms with Crippen molar-refractivity contribution in [1.29, 1.82) is 0 Å². The van der Waals surface area contributed by atoms with Crippen molar-refractivity contribution in [2.45, 2.75) is 6.92 Å². The number of rotatable bonds is 5. The van der Waals surface area contributed by atoms with Crippen LogP contribution in [0.2, 0.25) is 0 Å². The lowest BCUT2D eigenvalue weighted by Gasteiger charge is -2.10. The number of ketones is 1. The van der Waals surface area contributed by atoms with E-state index in [-0.39, 0.29) is 5.78 Å². The first-order valence-corrected chi connectivity index (χ1v) is 5.83. The van der Waals surface area contributed by atoms with Crippen molar-refractivity contribution in [2.75, 3.05) is 27.2 Å². The fraction of sp³-hybridized carbons (Fsp3) is 0.385. The molecule has 96 valence electrons. The number of aromatic amines is 1. The normalized spacial score (nSPS) is 11.1. The molecule has 0 radical (unpaired) electrons. The number of hydrogen-bond acceptors (Lipinski definition) is 4. The number of likely N-dealkylation sites (N-methyl/N-ethyl adjacent to an activating group) is 1. The molecule has 0 aliphatic heterocycles. The van der Waals surface area contributed by atoms with Gasteiger partial charge in [-0.2, -0.15) is 0 Å². The van der Waals surface area contributed by atoms with Gasteiger partial charge in [-0.3, -0.25) is 4.79 Å². The summed E-state index contributed by atoms with van der Waals surface area (Å²) in [5.41, 5.74) is 1.44. The van der Waals surface area contributed by atoms with Crippen molar-refractivity contribution in [3.8, 4) is 5.88 Å². The van der Waals surface area contributed by atoms with Gasteiger partial charge in [0.1, 0.15) is 6.61 Å². The summed E-state index contributed by atoms with van der Waals surface area (Å²) in [5.74, 6) is 0.597. The van der Waals surface area contributed by atoms with Crippen LogP contribution in [0.5, 0.6) is 5.88 Å². The fourth-order valence-corrected chi connectivity index (χ4v) is 1.61. The third-order valence-electron chi connectivity index (χ3n) is 2.65. The quantitative estimate of drug-likeness (QED) is 0.817. The molecule has 18 heavy (non-hydrogen) atoms. The average Bonchev–Trinajstić information content (AvgIpc) is 2.71. The molecule has 0 aromatic carbocycles. The summed E-state index contributed by atoms with van der Waals surface area (Å²) in [4.78, 5) is 20.5. The Morgan fingerprint density at radius 3 is 2.89 bits per heavy atom. The summed E-state index contributed by atoms with van der Waals surface area (Å²) in [6.07, 6.45) is 1.69. The Hall–Kier alpha value is -1.88. The minimum atomic E-state index is 0.0151. The Balaban J connectivity index is 2.14. The van der Waals surface area contributed by atoms with E-state index in [1.807, 2.05) is 31.1 Å². The largest absolute Gasteiger partial charge is 0.476 e. The highest BCUT2D eigenvalue weighted by molar-refractivity contribution is 5.97. The minimum Gasteiger partial charge on any atom is -0.476 e. The van der Waals surface area contributed by atoms with Crippen LogP contribution in [0.4, 0.5) is 0 Å². The van der Waals surface area contributed by atoms with Gasteiger partial charge in [-0.25, -0.2) is 4.98 Å². The molecule has 0 fully saturated rings. The maximum Gasteiger partial charge on any atom is 0.213 e. The van der Waals surface area contributed by atoms with Gasteiger partial charge in [0, 0.05) is 24.9 Å². The van der Waals surface area contributed by atoms with Crippen molar-refractivity contribution in [2.24, 2.45) is 0 Å². The number of H-pyrrole nitrogens is 1. The Kier molecular flexibility index (Phi) is 3.62. The molecule has 0 saturated heterocycles. The minimum absolute atomic E-state index is 0.0151. The van der Waals surface area contributed by atoms with Gasteiger partial charge in [0.25, 0.3) is 0 Å².